The van der Waals surface area contributed by atoms with E-state index in [4.69, 9.17) is 16.3 Å². The minimum Gasteiger partial charge on any atom is -0.472 e. The molecule has 0 atom stereocenters. The maximum absolute atomic E-state index is 12.5. The molecular weight excluding hydrogens is 381 g/mol. The van der Waals surface area contributed by atoms with Crippen LogP contribution in [0.5, 0.6) is 5.88 Å². The van der Waals surface area contributed by atoms with Gasteiger partial charge >= 0.3 is 6.18 Å². The molecule has 0 unspecified atom stereocenters. The van der Waals surface area contributed by atoms with E-state index in [0.29, 0.717) is 11.2 Å². The van der Waals surface area contributed by atoms with Crippen molar-refractivity contribution in [2.75, 3.05) is 13.1 Å². The quantitative estimate of drug-likeness (QED) is 0.801. The molecule has 0 saturated carbocycles. The summed E-state index contributed by atoms with van der Waals surface area (Å²) in [6.07, 6.45) is -4.26. The number of hydrogen-bond acceptors (Lipinski definition) is 4. The largest absolute Gasteiger partial charge is 0.472 e. The molecule has 3 rings (SSSR count). The van der Waals surface area contributed by atoms with Crippen molar-refractivity contribution in [2.24, 2.45) is 0 Å². The van der Waals surface area contributed by atoms with Crippen LogP contribution in [0.25, 0.3) is 0 Å². The highest BCUT2D eigenvalue weighted by molar-refractivity contribution is 7.89. The monoisotopic (exact) mass is 392 g/mol. The Morgan fingerprint density at radius 2 is 1.76 bits per heavy atom. The molecule has 5 nitrogen and oxygen atoms in total. The Morgan fingerprint density at radius 1 is 1.12 bits per heavy atom. The predicted molar refractivity (Wildman–Crippen MR) is 83.9 cm³/mol. The first-order chi connectivity index (χ1) is 11.7. The number of rotatable bonds is 4. The Labute approximate surface area is 147 Å². The van der Waals surface area contributed by atoms with E-state index in [1.165, 1.54) is 28.6 Å². The SMILES string of the molecule is O=S(=O)(c1ccc(Cl)cc1)N1CC(Oc2ccc(C(F)(F)F)cn2)C1. The summed E-state index contributed by atoms with van der Waals surface area (Å²) in [5.41, 5.74) is -0.875. The minimum atomic E-state index is -4.47. The lowest BCUT2D eigenvalue weighted by atomic mass is 10.2. The number of pyridine rings is 1. The van der Waals surface area contributed by atoms with Crippen LogP contribution in [0.1, 0.15) is 5.56 Å². The van der Waals surface area contributed by atoms with Gasteiger partial charge in [-0.15, -0.1) is 0 Å². The Hall–Kier alpha value is -1.84. The van der Waals surface area contributed by atoms with Crippen LogP contribution in [0.15, 0.2) is 47.5 Å². The molecule has 0 radical (unpaired) electrons. The lowest BCUT2D eigenvalue weighted by molar-refractivity contribution is -0.137. The van der Waals surface area contributed by atoms with Gasteiger partial charge in [0.15, 0.2) is 0 Å². The second-order valence-corrected chi connectivity index (χ2v) is 7.77. The van der Waals surface area contributed by atoms with Gasteiger partial charge in [0.25, 0.3) is 0 Å². The normalized spacial score (nSPS) is 16.5. The summed E-state index contributed by atoms with van der Waals surface area (Å²) >= 11 is 5.74. The van der Waals surface area contributed by atoms with Gasteiger partial charge in [-0.2, -0.15) is 17.5 Å². The van der Waals surface area contributed by atoms with Crippen LogP contribution in [0.4, 0.5) is 13.2 Å². The van der Waals surface area contributed by atoms with E-state index < -0.39 is 27.9 Å². The van der Waals surface area contributed by atoms with Crippen molar-refractivity contribution >= 4 is 21.6 Å². The minimum absolute atomic E-state index is 0.0153. The summed E-state index contributed by atoms with van der Waals surface area (Å²) < 4.78 is 68.7. The molecule has 2 heterocycles. The van der Waals surface area contributed by atoms with E-state index in [1.54, 1.807) is 0 Å². The third kappa shape index (κ3) is 3.88. The second-order valence-electron chi connectivity index (χ2n) is 5.40. The van der Waals surface area contributed by atoms with Gasteiger partial charge in [0.2, 0.25) is 15.9 Å². The molecule has 1 aromatic carbocycles. The van der Waals surface area contributed by atoms with E-state index >= 15 is 0 Å². The van der Waals surface area contributed by atoms with E-state index in [0.717, 1.165) is 12.1 Å². The number of sulfonamides is 1. The first-order valence-electron chi connectivity index (χ1n) is 7.12. The van der Waals surface area contributed by atoms with Gasteiger partial charge < -0.3 is 4.74 Å². The Bertz CT molecular complexity index is 849. The molecule has 0 aliphatic carbocycles. The number of alkyl halides is 3. The van der Waals surface area contributed by atoms with Crippen LogP contribution in [0.2, 0.25) is 5.02 Å². The molecule has 1 saturated heterocycles. The zero-order chi connectivity index (χ0) is 18.2. The average molecular weight is 393 g/mol. The van der Waals surface area contributed by atoms with Crippen molar-refractivity contribution in [3.63, 3.8) is 0 Å². The van der Waals surface area contributed by atoms with E-state index in [2.05, 4.69) is 4.98 Å². The first kappa shape index (κ1) is 18.0. The molecule has 0 amide bonds. The van der Waals surface area contributed by atoms with Crippen molar-refractivity contribution in [2.45, 2.75) is 17.2 Å². The summed E-state index contributed by atoms with van der Waals surface area (Å²) in [4.78, 5) is 3.71. The molecule has 1 aliphatic rings. The number of benzene rings is 1. The standard InChI is InChI=1S/C15H12ClF3N2O3S/c16-11-2-4-13(5-3-11)25(22,23)21-8-12(9-21)24-14-6-1-10(7-20-14)15(17,18)19/h1-7,12H,8-9H2. The Kier molecular flexibility index (Phi) is 4.65. The van der Waals surface area contributed by atoms with Crippen LogP contribution < -0.4 is 4.74 Å². The third-order valence-corrected chi connectivity index (χ3v) is 5.71. The van der Waals surface area contributed by atoms with Crippen molar-refractivity contribution in [1.29, 1.82) is 0 Å². The number of ether oxygens (including phenoxy) is 1. The van der Waals surface area contributed by atoms with E-state index in [1.807, 2.05) is 0 Å². The number of hydrogen-bond donors (Lipinski definition) is 0. The molecule has 25 heavy (non-hydrogen) atoms. The third-order valence-electron chi connectivity index (χ3n) is 3.62. The summed E-state index contributed by atoms with van der Waals surface area (Å²) in [6, 6.07) is 7.75. The van der Waals surface area contributed by atoms with Crippen molar-refractivity contribution in [3.8, 4) is 5.88 Å². The fourth-order valence-electron chi connectivity index (χ4n) is 2.22. The predicted octanol–water partition coefficient (Wildman–Crippen LogP) is 3.21. The van der Waals surface area contributed by atoms with Crippen LogP contribution in [-0.2, 0) is 16.2 Å². The maximum Gasteiger partial charge on any atom is 0.417 e. The molecule has 1 aliphatic heterocycles. The van der Waals surface area contributed by atoms with Gasteiger partial charge in [0.1, 0.15) is 6.10 Å². The van der Waals surface area contributed by atoms with Crippen LogP contribution in [0, 0.1) is 0 Å². The highest BCUT2D eigenvalue weighted by atomic mass is 35.5. The Morgan fingerprint density at radius 3 is 2.28 bits per heavy atom. The molecule has 0 spiro atoms. The van der Waals surface area contributed by atoms with Gasteiger partial charge in [-0.1, -0.05) is 11.6 Å². The fourth-order valence-corrected chi connectivity index (χ4v) is 3.84. The molecule has 1 aromatic heterocycles. The highest BCUT2D eigenvalue weighted by Crippen LogP contribution is 2.30. The van der Waals surface area contributed by atoms with Crippen molar-refractivity contribution in [1.82, 2.24) is 9.29 Å². The average Bonchev–Trinajstić information content (AvgIpc) is 2.50. The van der Waals surface area contributed by atoms with Crippen LogP contribution in [-0.4, -0.2) is 36.9 Å². The van der Waals surface area contributed by atoms with Gasteiger partial charge in [0.05, 0.1) is 23.5 Å². The van der Waals surface area contributed by atoms with Gasteiger partial charge in [-0.25, -0.2) is 13.4 Å². The number of nitrogens with zero attached hydrogens (tertiary/aromatic N) is 2. The topological polar surface area (TPSA) is 59.5 Å². The molecule has 0 N–H and O–H groups in total. The van der Waals surface area contributed by atoms with Gasteiger partial charge in [-0.3, -0.25) is 0 Å². The second kappa shape index (κ2) is 6.47. The molecule has 2 aromatic rings. The van der Waals surface area contributed by atoms with Crippen molar-refractivity contribution in [3.05, 3.63) is 53.2 Å². The molecular formula is C15H12ClF3N2O3S. The maximum atomic E-state index is 12.5. The van der Waals surface area contributed by atoms with Crippen molar-refractivity contribution < 1.29 is 26.3 Å². The molecule has 0 bridgehead atoms. The summed E-state index contributed by atoms with van der Waals surface area (Å²) in [6.45, 7) is 0.182. The lowest BCUT2D eigenvalue weighted by Gasteiger charge is -2.37. The summed E-state index contributed by atoms with van der Waals surface area (Å²) in [5.74, 6) is 0.0153. The number of halogens is 4. The van der Waals surface area contributed by atoms with Gasteiger partial charge in [0, 0.05) is 17.3 Å². The van der Waals surface area contributed by atoms with Crippen LogP contribution in [0.3, 0.4) is 0 Å². The Balaban J connectivity index is 1.60. The number of aromatic nitrogens is 1. The smallest absolute Gasteiger partial charge is 0.417 e. The zero-order valence-electron chi connectivity index (χ0n) is 12.6. The molecule has 1 fully saturated rings. The van der Waals surface area contributed by atoms with E-state index in [9.17, 15) is 21.6 Å². The lowest BCUT2D eigenvalue weighted by Crippen LogP contribution is -2.56. The van der Waals surface area contributed by atoms with Crippen LogP contribution >= 0.6 is 11.6 Å². The fraction of sp³-hybridized carbons (Fsp3) is 0.267. The summed E-state index contributed by atoms with van der Waals surface area (Å²) in [5, 5.41) is 0.428. The molecule has 134 valence electrons. The highest BCUT2D eigenvalue weighted by Gasteiger charge is 2.38. The van der Waals surface area contributed by atoms with Gasteiger partial charge in [-0.05, 0) is 30.3 Å². The zero-order valence-corrected chi connectivity index (χ0v) is 14.1. The summed E-state index contributed by atoms with van der Waals surface area (Å²) in [7, 11) is -3.64. The molecule has 10 heteroatoms. The first-order valence-corrected chi connectivity index (χ1v) is 8.94. The van der Waals surface area contributed by atoms with E-state index in [-0.39, 0.29) is 23.9 Å².